The van der Waals surface area contributed by atoms with Gasteiger partial charge in [0.15, 0.2) is 0 Å². The van der Waals surface area contributed by atoms with E-state index in [0.717, 1.165) is 29.6 Å². The molecule has 0 spiro atoms. The number of carbonyl (C=O) groups excluding carboxylic acids is 1. The molecule has 1 heterocycles. The Hall–Kier alpha value is -2.62. The van der Waals surface area contributed by atoms with Gasteiger partial charge in [-0.3, -0.25) is 10.1 Å². The second kappa shape index (κ2) is 6.65. The van der Waals surface area contributed by atoms with Gasteiger partial charge in [0.1, 0.15) is 0 Å². The molecule has 1 aromatic heterocycles. The molecule has 0 aliphatic carbocycles. The highest BCUT2D eigenvalue weighted by molar-refractivity contribution is 5.92. The van der Waals surface area contributed by atoms with Crippen LogP contribution >= 0.6 is 0 Å². The third kappa shape index (κ3) is 3.42. The van der Waals surface area contributed by atoms with Crippen molar-refractivity contribution in [1.82, 2.24) is 9.55 Å². The van der Waals surface area contributed by atoms with Gasteiger partial charge >= 0.3 is 0 Å². The van der Waals surface area contributed by atoms with Gasteiger partial charge in [-0.1, -0.05) is 48.9 Å². The SMILES string of the molecule is CCCn1c(NC(=O)Cc2ccc(C)cc2)nc2ccccc21. The van der Waals surface area contributed by atoms with Crippen molar-refractivity contribution in [3.05, 3.63) is 59.7 Å². The summed E-state index contributed by atoms with van der Waals surface area (Å²) in [6, 6.07) is 16.0. The van der Waals surface area contributed by atoms with Crippen LogP contribution in [-0.4, -0.2) is 15.5 Å². The molecular formula is C19H21N3O. The Balaban J connectivity index is 1.81. The summed E-state index contributed by atoms with van der Waals surface area (Å²) in [6.45, 7) is 4.99. The van der Waals surface area contributed by atoms with E-state index in [1.165, 1.54) is 5.56 Å². The average Bonchev–Trinajstić information content (AvgIpc) is 2.88. The van der Waals surface area contributed by atoms with Gasteiger partial charge in [0, 0.05) is 6.54 Å². The first-order chi connectivity index (χ1) is 11.2. The first-order valence-electron chi connectivity index (χ1n) is 7.98. The van der Waals surface area contributed by atoms with Gasteiger partial charge in [-0.05, 0) is 31.0 Å². The third-order valence-electron chi connectivity index (χ3n) is 3.84. The first-order valence-corrected chi connectivity index (χ1v) is 7.98. The molecule has 3 rings (SSSR count). The molecule has 0 aliphatic rings. The van der Waals surface area contributed by atoms with Crippen LogP contribution in [0.3, 0.4) is 0 Å². The van der Waals surface area contributed by atoms with Gasteiger partial charge in [0.05, 0.1) is 17.5 Å². The lowest BCUT2D eigenvalue weighted by Gasteiger charge is -2.09. The number of aryl methyl sites for hydroxylation is 2. The van der Waals surface area contributed by atoms with Gasteiger partial charge in [0.2, 0.25) is 11.9 Å². The Morgan fingerprint density at radius 3 is 2.61 bits per heavy atom. The maximum absolute atomic E-state index is 12.3. The van der Waals surface area contributed by atoms with Crippen molar-refractivity contribution in [2.45, 2.75) is 33.2 Å². The van der Waals surface area contributed by atoms with Gasteiger partial charge in [-0.2, -0.15) is 0 Å². The summed E-state index contributed by atoms with van der Waals surface area (Å²) in [7, 11) is 0. The lowest BCUT2D eigenvalue weighted by atomic mass is 10.1. The maximum Gasteiger partial charge on any atom is 0.231 e. The number of nitrogens with zero attached hydrogens (tertiary/aromatic N) is 2. The van der Waals surface area contributed by atoms with Crippen LogP contribution in [0.5, 0.6) is 0 Å². The average molecular weight is 307 g/mol. The zero-order chi connectivity index (χ0) is 16.2. The smallest absolute Gasteiger partial charge is 0.231 e. The molecule has 3 aromatic rings. The lowest BCUT2D eigenvalue weighted by Crippen LogP contribution is -2.18. The number of hydrogen-bond donors (Lipinski definition) is 1. The zero-order valence-electron chi connectivity index (χ0n) is 13.5. The third-order valence-corrected chi connectivity index (χ3v) is 3.84. The minimum Gasteiger partial charge on any atom is -0.310 e. The molecule has 0 aliphatic heterocycles. The Morgan fingerprint density at radius 1 is 1.13 bits per heavy atom. The molecule has 0 unspecified atom stereocenters. The number of carbonyl (C=O) groups is 1. The van der Waals surface area contributed by atoms with Crippen LogP contribution in [-0.2, 0) is 17.8 Å². The lowest BCUT2D eigenvalue weighted by molar-refractivity contribution is -0.115. The highest BCUT2D eigenvalue weighted by Gasteiger charge is 2.12. The van der Waals surface area contributed by atoms with E-state index in [2.05, 4.69) is 21.8 Å². The molecule has 4 nitrogen and oxygen atoms in total. The van der Waals surface area contributed by atoms with E-state index in [9.17, 15) is 4.79 Å². The number of benzene rings is 2. The van der Waals surface area contributed by atoms with Crippen LogP contribution in [0.15, 0.2) is 48.5 Å². The van der Waals surface area contributed by atoms with E-state index in [4.69, 9.17) is 0 Å². The second-order valence-corrected chi connectivity index (χ2v) is 5.79. The molecule has 0 saturated carbocycles. The summed E-state index contributed by atoms with van der Waals surface area (Å²) in [5, 5.41) is 2.96. The number of amides is 1. The van der Waals surface area contributed by atoms with Gasteiger partial charge in [0.25, 0.3) is 0 Å². The molecule has 2 aromatic carbocycles. The number of nitrogens with one attached hydrogen (secondary N) is 1. The Morgan fingerprint density at radius 2 is 1.87 bits per heavy atom. The minimum atomic E-state index is -0.0403. The molecule has 23 heavy (non-hydrogen) atoms. The fourth-order valence-corrected chi connectivity index (χ4v) is 2.68. The van der Waals surface area contributed by atoms with Crippen LogP contribution in [0.2, 0.25) is 0 Å². The number of para-hydroxylation sites is 2. The number of hydrogen-bond acceptors (Lipinski definition) is 2. The van der Waals surface area contributed by atoms with Crippen molar-refractivity contribution in [3.63, 3.8) is 0 Å². The van der Waals surface area contributed by atoms with Gasteiger partial charge in [-0.15, -0.1) is 0 Å². The van der Waals surface area contributed by atoms with Crippen LogP contribution < -0.4 is 5.32 Å². The summed E-state index contributed by atoms with van der Waals surface area (Å²) in [6.07, 6.45) is 1.34. The van der Waals surface area contributed by atoms with Crippen molar-refractivity contribution < 1.29 is 4.79 Å². The molecule has 0 atom stereocenters. The quantitative estimate of drug-likeness (QED) is 0.776. The highest BCUT2D eigenvalue weighted by atomic mass is 16.1. The molecule has 1 N–H and O–H groups in total. The normalized spacial score (nSPS) is 10.9. The second-order valence-electron chi connectivity index (χ2n) is 5.79. The number of fused-ring (bicyclic) bond motifs is 1. The number of anilines is 1. The molecular weight excluding hydrogens is 286 g/mol. The molecule has 0 bridgehead atoms. The summed E-state index contributed by atoms with van der Waals surface area (Å²) >= 11 is 0. The van der Waals surface area contributed by atoms with Crippen molar-refractivity contribution in [2.75, 3.05) is 5.32 Å². The number of aromatic nitrogens is 2. The summed E-state index contributed by atoms with van der Waals surface area (Å²) in [4.78, 5) is 16.9. The Labute approximate surface area is 136 Å². The van der Waals surface area contributed by atoms with E-state index < -0.39 is 0 Å². The van der Waals surface area contributed by atoms with E-state index in [-0.39, 0.29) is 5.91 Å². The van der Waals surface area contributed by atoms with E-state index in [1.54, 1.807) is 0 Å². The summed E-state index contributed by atoms with van der Waals surface area (Å²) < 4.78 is 2.07. The van der Waals surface area contributed by atoms with Gasteiger partial charge in [-0.25, -0.2) is 4.98 Å². The predicted octanol–water partition coefficient (Wildman–Crippen LogP) is 3.94. The fraction of sp³-hybridized carbons (Fsp3) is 0.263. The Kier molecular flexibility index (Phi) is 4.42. The van der Waals surface area contributed by atoms with Crippen LogP contribution in [0.1, 0.15) is 24.5 Å². The fourth-order valence-electron chi connectivity index (χ4n) is 2.68. The molecule has 0 radical (unpaired) electrons. The molecule has 118 valence electrons. The number of imidazole rings is 1. The summed E-state index contributed by atoms with van der Waals surface area (Å²) in [5.41, 5.74) is 4.16. The minimum absolute atomic E-state index is 0.0403. The molecule has 1 amide bonds. The van der Waals surface area contributed by atoms with Crippen molar-refractivity contribution >= 4 is 22.9 Å². The monoisotopic (exact) mass is 307 g/mol. The molecule has 4 heteroatoms. The van der Waals surface area contributed by atoms with E-state index in [0.29, 0.717) is 12.4 Å². The van der Waals surface area contributed by atoms with Crippen LogP contribution in [0.4, 0.5) is 5.95 Å². The van der Waals surface area contributed by atoms with Crippen molar-refractivity contribution in [3.8, 4) is 0 Å². The van der Waals surface area contributed by atoms with E-state index in [1.807, 2.05) is 55.5 Å². The topological polar surface area (TPSA) is 46.9 Å². The maximum atomic E-state index is 12.3. The first kappa shape index (κ1) is 15.3. The Bertz CT molecular complexity index is 818. The largest absolute Gasteiger partial charge is 0.310 e. The number of rotatable bonds is 5. The highest BCUT2D eigenvalue weighted by Crippen LogP contribution is 2.20. The zero-order valence-corrected chi connectivity index (χ0v) is 13.5. The van der Waals surface area contributed by atoms with Crippen LogP contribution in [0, 0.1) is 6.92 Å². The predicted molar refractivity (Wildman–Crippen MR) is 93.5 cm³/mol. The van der Waals surface area contributed by atoms with E-state index >= 15 is 0 Å². The molecule has 0 saturated heterocycles. The van der Waals surface area contributed by atoms with Gasteiger partial charge < -0.3 is 4.57 Å². The van der Waals surface area contributed by atoms with Crippen molar-refractivity contribution in [2.24, 2.45) is 0 Å². The van der Waals surface area contributed by atoms with Crippen LogP contribution in [0.25, 0.3) is 11.0 Å². The summed E-state index contributed by atoms with van der Waals surface area (Å²) in [5.74, 6) is 0.590. The standard InChI is InChI=1S/C19H21N3O/c1-3-12-22-17-7-5-4-6-16(17)20-19(22)21-18(23)13-15-10-8-14(2)9-11-15/h4-11H,3,12-13H2,1-2H3,(H,20,21,23). The molecule has 0 fully saturated rings. The van der Waals surface area contributed by atoms with Crippen molar-refractivity contribution in [1.29, 1.82) is 0 Å².